The van der Waals surface area contributed by atoms with E-state index in [1.807, 2.05) is 0 Å². The Kier molecular flexibility index (Phi) is 3.32. The molecule has 0 aromatic carbocycles. The molecule has 0 amide bonds. The summed E-state index contributed by atoms with van der Waals surface area (Å²) in [5, 5.41) is 3.01. The van der Waals surface area contributed by atoms with Gasteiger partial charge in [-0.05, 0) is 6.42 Å². The molecule has 1 aromatic heterocycles. The highest BCUT2D eigenvalue weighted by Crippen LogP contribution is 1.94. The van der Waals surface area contributed by atoms with Gasteiger partial charge in [-0.3, -0.25) is 4.79 Å². The Balaban J connectivity index is 2.52. The second-order valence-corrected chi connectivity index (χ2v) is 2.57. The quantitative estimate of drug-likeness (QED) is 0.657. The molecule has 1 aromatic rings. The molecule has 0 aliphatic carbocycles. The van der Waals surface area contributed by atoms with Crippen LogP contribution >= 0.6 is 0 Å². The van der Waals surface area contributed by atoms with Crippen molar-refractivity contribution in [1.29, 1.82) is 0 Å². The van der Waals surface area contributed by atoms with Crippen molar-refractivity contribution in [3.8, 4) is 0 Å². The number of H-pyrrole nitrogens is 1. The second-order valence-electron chi connectivity index (χ2n) is 2.57. The fraction of sp³-hybridized carbons (Fsp3) is 0.500. The number of hydrogen-bond acceptors (Lipinski definition) is 3. The molecule has 0 radical (unpaired) electrons. The van der Waals surface area contributed by atoms with E-state index in [2.05, 4.69) is 22.2 Å². The monoisotopic (exact) mass is 167 g/mol. The van der Waals surface area contributed by atoms with E-state index >= 15 is 0 Å². The summed E-state index contributed by atoms with van der Waals surface area (Å²) in [6, 6.07) is 0. The lowest BCUT2D eigenvalue weighted by Crippen LogP contribution is -2.14. The van der Waals surface area contributed by atoms with Gasteiger partial charge in [-0.2, -0.15) is 0 Å². The minimum absolute atomic E-state index is 0.110. The minimum Gasteiger partial charge on any atom is -0.379 e. The second kappa shape index (κ2) is 4.54. The van der Waals surface area contributed by atoms with E-state index in [0.717, 1.165) is 19.4 Å². The third-order valence-corrected chi connectivity index (χ3v) is 1.56. The number of nitrogens with one attached hydrogen (secondary N) is 2. The van der Waals surface area contributed by atoms with Crippen molar-refractivity contribution in [3.63, 3.8) is 0 Å². The van der Waals surface area contributed by atoms with Crippen LogP contribution in [0.15, 0.2) is 17.3 Å². The summed E-state index contributed by atoms with van der Waals surface area (Å²) in [4.78, 5) is 17.4. The lowest BCUT2D eigenvalue weighted by Gasteiger charge is -2.01. The molecule has 1 rings (SSSR count). The average molecular weight is 167 g/mol. The molecule has 2 N–H and O–H groups in total. The van der Waals surface area contributed by atoms with Gasteiger partial charge in [-0.15, -0.1) is 0 Å². The Morgan fingerprint density at radius 2 is 2.50 bits per heavy atom. The summed E-state index contributed by atoms with van der Waals surface area (Å²) in [6.45, 7) is 2.93. The Hall–Kier alpha value is -1.32. The molecule has 12 heavy (non-hydrogen) atoms. The van der Waals surface area contributed by atoms with Gasteiger partial charge in [0, 0.05) is 6.54 Å². The molecule has 4 nitrogen and oxygen atoms in total. The zero-order valence-electron chi connectivity index (χ0n) is 7.13. The van der Waals surface area contributed by atoms with E-state index < -0.39 is 0 Å². The summed E-state index contributed by atoms with van der Waals surface area (Å²) in [6.07, 6.45) is 5.10. The van der Waals surface area contributed by atoms with Crippen molar-refractivity contribution < 1.29 is 0 Å². The molecule has 4 heteroatoms. The van der Waals surface area contributed by atoms with Crippen molar-refractivity contribution in [2.45, 2.75) is 19.8 Å². The Labute approximate surface area is 71.0 Å². The molecule has 0 fully saturated rings. The average Bonchev–Trinajstić information content (AvgIpc) is 2.09. The first-order chi connectivity index (χ1) is 5.84. The van der Waals surface area contributed by atoms with Gasteiger partial charge >= 0.3 is 0 Å². The van der Waals surface area contributed by atoms with Gasteiger partial charge in [0.15, 0.2) is 0 Å². The predicted molar refractivity (Wildman–Crippen MR) is 48.3 cm³/mol. The largest absolute Gasteiger partial charge is 0.379 e. The molecule has 0 aliphatic rings. The molecule has 0 spiro atoms. The topological polar surface area (TPSA) is 57.8 Å². The number of aromatic amines is 1. The van der Waals surface area contributed by atoms with E-state index in [9.17, 15) is 4.79 Å². The molecule has 0 saturated heterocycles. The van der Waals surface area contributed by atoms with Crippen molar-refractivity contribution in [2.75, 3.05) is 11.9 Å². The van der Waals surface area contributed by atoms with Crippen molar-refractivity contribution in [1.82, 2.24) is 9.97 Å². The predicted octanol–water partition coefficient (Wildman–Crippen LogP) is 0.982. The van der Waals surface area contributed by atoms with Crippen LogP contribution in [0.25, 0.3) is 0 Å². The first-order valence-electron chi connectivity index (χ1n) is 4.11. The lowest BCUT2D eigenvalue weighted by atomic mass is 10.3. The van der Waals surface area contributed by atoms with Crippen LogP contribution in [0.2, 0.25) is 0 Å². The molecule has 0 saturated carbocycles. The summed E-state index contributed by atoms with van der Waals surface area (Å²) in [7, 11) is 0. The summed E-state index contributed by atoms with van der Waals surface area (Å²) in [5.74, 6) is 0. The van der Waals surface area contributed by atoms with Crippen LogP contribution in [0.3, 0.4) is 0 Å². The normalized spacial score (nSPS) is 9.75. The highest BCUT2D eigenvalue weighted by Gasteiger charge is 1.94. The maximum Gasteiger partial charge on any atom is 0.274 e. The molecule has 0 atom stereocenters. The highest BCUT2D eigenvalue weighted by molar-refractivity contribution is 5.36. The Morgan fingerprint density at radius 1 is 1.67 bits per heavy atom. The van der Waals surface area contributed by atoms with Gasteiger partial charge in [-0.25, -0.2) is 4.98 Å². The van der Waals surface area contributed by atoms with E-state index in [1.54, 1.807) is 0 Å². The summed E-state index contributed by atoms with van der Waals surface area (Å²) < 4.78 is 0. The van der Waals surface area contributed by atoms with Crippen molar-refractivity contribution in [2.24, 2.45) is 0 Å². The number of rotatable bonds is 4. The van der Waals surface area contributed by atoms with Crippen LogP contribution in [-0.4, -0.2) is 16.5 Å². The number of unbranched alkanes of at least 4 members (excludes halogenated alkanes) is 1. The van der Waals surface area contributed by atoms with Crippen LogP contribution in [0.1, 0.15) is 19.8 Å². The molecule has 0 unspecified atom stereocenters. The first kappa shape index (κ1) is 8.77. The first-order valence-corrected chi connectivity index (χ1v) is 4.11. The van der Waals surface area contributed by atoms with E-state index in [4.69, 9.17) is 0 Å². The number of nitrogens with zero attached hydrogens (tertiary/aromatic N) is 1. The molecule has 0 bridgehead atoms. The van der Waals surface area contributed by atoms with Crippen LogP contribution in [-0.2, 0) is 0 Å². The number of aromatic nitrogens is 2. The molecule has 0 aliphatic heterocycles. The van der Waals surface area contributed by atoms with Gasteiger partial charge in [0.1, 0.15) is 5.69 Å². The van der Waals surface area contributed by atoms with Gasteiger partial charge < -0.3 is 10.3 Å². The van der Waals surface area contributed by atoms with Gasteiger partial charge in [0.05, 0.1) is 12.5 Å². The third kappa shape index (κ3) is 2.38. The van der Waals surface area contributed by atoms with Gasteiger partial charge in [-0.1, -0.05) is 13.3 Å². The fourth-order valence-electron chi connectivity index (χ4n) is 0.870. The van der Waals surface area contributed by atoms with E-state index in [-0.39, 0.29) is 5.56 Å². The van der Waals surface area contributed by atoms with Crippen LogP contribution in [0.4, 0.5) is 5.69 Å². The molecular weight excluding hydrogens is 154 g/mol. The maximum absolute atomic E-state index is 11.1. The zero-order valence-corrected chi connectivity index (χ0v) is 7.13. The smallest absolute Gasteiger partial charge is 0.274 e. The van der Waals surface area contributed by atoms with Crippen molar-refractivity contribution in [3.05, 3.63) is 22.9 Å². The molecular formula is C8H13N3O. The molecule has 1 heterocycles. The van der Waals surface area contributed by atoms with E-state index in [1.165, 1.54) is 12.5 Å². The van der Waals surface area contributed by atoms with Crippen LogP contribution in [0.5, 0.6) is 0 Å². The number of hydrogen-bond donors (Lipinski definition) is 2. The van der Waals surface area contributed by atoms with Gasteiger partial charge in [0.2, 0.25) is 0 Å². The SMILES string of the molecule is CCCCNc1cnc[nH]c1=O. The Bertz CT molecular complexity index is 282. The standard InChI is InChI=1S/C8H13N3O/c1-2-3-4-10-7-5-9-6-11-8(7)12/h5-6,10H,2-4H2,1H3,(H,9,11,12). The van der Waals surface area contributed by atoms with E-state index in [0.29, 0.717) is 5.69 Å². The highest BCUT2D eigenvalue weighted by atomic mass is 16.1. The summed E-state index contributed by atoms with van der Waals surface area (Å²) in [5.41, 5.74) is 0.437. The lowest BCUT2D eigenvalue weighted by molar-refractivity contribution is 0.831. The maximum atomic E-state index is 11.1. The Morgan fingerprint density at radius 3 is 3.17 bits per heavy atom. The number of anilines is 1. The van der Waals surface area contributed by atoms with Crippen molar-refractivity contribution >= 4 is 5.69 Å². The third-order valence-electron chi connectivity index (χ3n) is 1.56. The fourth-order valence-corrected chi connectivity index (χ4v) is 0.870. The molecule has 66 valence electrons. The zero-order chi connectivity index (χ0) is 8.81. The van der Waals surface area contributed by atoms with Crippen LogP contribution < -0.4 is 10.9 Å². The van der Waals surface area contributed by atoms with Gasteiger partial charge in [0.25, 0.3) is 5.56 Å². The summed E-state index contributed by atoms with van der Waals surface area (Å²) >= 11 is 0. The van der Waals surface area contributed by atoms with Crippen LogP contribution in [0, 0.1) is 0 Å². The minimum atomic E-state index is -0.110.